The van der Waals surface area contributed by atoms with Gasteiger partial charge in [0.2, 0.25) is 5.89 Å². The molecule has 0 radical (unpaired) electrons. The molecule has 0 unspecified atom stereocenters. The standard InChI is InChI=1S/C12H14BrN3O/c1-2-10(14)12-15-11(16-17-12)7-8-3-5-9(13)6-4-8/h3-6,10H,2,7,14H2,1H3/t10-/m1/s1. The first kappa shape index (κ1) is 12.3. The van der Waals surface area contributed by atoms with Crippen molar-refractivity contribution < 1.29 is 4.52 Å². The minimum atomic E-state index is -0.166. The number of halogens is 1. The number of benzene rings is 1. The number of aromatic nitrogens is 2. The van der Waals surface area contributed by atoms with Gasteiger partial charge in [-0.1, -0.05) is 40.1 Å². The second-order valence-electron chi connectivity index (χ2n) is 3.87. The van der Waals surface area contributed by atoms with Crippen molar-refractivity contribution in [1.29, 1.82) is 0 Å². The highest BCUT2D eigenvalue weighted by Gasteiger charge is 2.12. The molecule has 2 N–H and O–H groups in total. The lowest BCUT2D eigenvalue weighted by Gasteiger charge is -1.99. The van der Waals surface area contributed by atoms with Gasteiger partial charge >= 0.3 is 0 Å². The predicted molar refractivity (Wildman–Crippen MR) is 68.5 cm³/mol. The van der Waals surface area contributed by atoms with Gasteiger partial charge in [0.05, 0.1) is 6.04 Å². The lowest BCUT2D eigenvalue weighted by Crippen LogP contribution is -2.08. The van der Waals surface area contributed by atoms with Gasteiger partial charge in [-0.05, 0) is 24.1 Å². The summed E-state index contributed by atoms with van der Waals surface area (Å²) < 4.78 is 6.18. The van der Waals surface area contributed by atoms with Gasteiger partial charge in [0, 0.05) is 10.9 Å². The summed E-state index contributed by atoms with van der Waals surface area (Å²) in [5, 5.41) is 3.93. The van der Waals surface area contributed by atoms with Gasteiger partial charge in [-0.15, -0.1) is 0 Å². The van der Waals surface area contributed by atoms with Crippen LogP contribution in [0.15, 0.2) is 33.3 Å². The van der Waals surface area contributed by atoms with E-state index in [1.54, 1.807) is 0 Å². The number of nitrogens with zero attached hydrogens (tertiary/aromatic N) is 2. The first-order valence-corrected chi connectivity index (χ1v) is 6.31. The van der Waals surface area contributed by atoms with Gasteiger partial charge in [0.1, 0.15) is 0 Å². The molecule has 2 rings (SSSR count). The van der Waals surface area contributed by atoms with Crippen LogP contribution in [0.3, 0.4) is 0 Å². The molecule has 0 aliphatic heterocycles. The molecule has 0 bridgehead atoms. The number of nitrogens with two attached hydrogens (primary N) is 1. The van der Waals surface area contributed by atoms with Crippen LogP contribution in [0.1, 0.15) is 36.7 Å². The summed E-state index contributed by atoms with van der Waals surface area (Å²) in [6.45, 7) is 1.99. The van der Waals surface area contributed by atoms with Crippen molar-refractivity contribution >= 4 is 15.9 Å². The van der Waals surface area contributed by atoms with E-state index >= 15 is 0 Å². The van der Waals surface area contributed by atoms with E-state index in [1.807, 2.05) is 31.2 Å². The minimum Gasteiger partial charge on any atom is -0.338 e. The zero-order valence-electron chi connectivity index (χ0n) is 9.56. The molecule has 1 aromatic carbocycles. The Morgan fingerprint density at radius 2 is 2.06 bits per heavy atom. The maximum Gasteiger partial charge on any atom is 0.243 e. The molecule has 0 saturated carbocycles. The summed E-state index contributed by atoms with van der Waals surface area (Å²) in [6.07, 6.45) is 1.45. The summed E-state index contributed by atoms with van der Waals surface area (Å²) in [5.41, 5.74) is 6.96. The fourth-order valence-electron chi connectivity index (χ4n) is 1.45. The molecular weight excluding hydrogens is 282 g/mol. The first-order chi connectivity index (χ1) is 8.19. The molecule has 0 aliphatic rings. The molecule has 2 aromatic rings. The minimum absolute atomic E-state index is 0.166. The predicted octanol–water partition coefficient (Wildman–Crippen LogP) is 2.83. The largest absolute Gasteiger partial charge is 0.338 e. The lowest BCUT2D eigenvalue weighted by atomic mass is 10.1. The van der Waals surface area contributed by atoms with E-state index < -0.39 is 0 Å². The molecule has 17 heavy (non-hydrogen) atoms. The van der Waals surface area contributed by atoms with Crippen molar-refractivity contribution in [2.45, 2.75) is 25.8 Å². The Hall–Kier alpha value is -1.20. The van der Waals surface area contributed by atoms with Gasteiger partial charge in [-0.25, -0.2) is 0 Å². The van der Waals surface area contributed by atoms with Crippen LogP contribution in [0, 0.1) is 0 Å². The van der Waals surface area contributed by atoms with Crippen molar-refractivity contribution in [2.75, 3.05) is 0 Å². The zero-order valence-corrected chi connectivity index (χ0v) is 11.1. The molecule has 0 saturated heterocycles. The van der Waals surface area contributed by atoms with Crippen LogP contribution >= 0.6 is 15.9 Å². The van der Waals surface area contributed by atoms with Crippen LogP contribution < -0.4 is 5.73 Å². The Kier molecular flexibility index (Phi) is 3.91. The van der Waals surface area contributed by atoms with E-state index in [0.717, 1.165) is 16.5 Å². The van der Waals surface area contributed by atoms with E-state index in [0.29, 0.717) is 18.1 Å². The number of rotatable bonds is 4. The van der Waals surface area contributed by atoms with Gasteiger partial charge < -0.3 is 10.3 Å². The molecule has 90 valence electrons. The second kappa shape index (κ2) is 5.42. The molecule has 0 aliphatic carbocycles. The van der Waals surface area contributed by atoms with E-state index in [1.165, 1.54) is 0 Å². The van der Waals surface area contributed by atoms with Crippen molar-refractivity contribution in [1.82, 2.24) is 10.1 Å². The van der Waals surface area contributed by atoms with E-state index in [-0.39, 0.29) is 6.04 Å². The molecule has 0 spiro atoms. The van der Waals surface area contributed by atoms with Crippen LogP contribution in [0.5, 0.6) is 0 Å². The van der Waals surface area contributed by atoms with E-state index in [4.69, 9.17) is 10.3 Å². The van der Waals surface area contributed by atoms with Gasteiger partial charge in [-0.3, -0.25) is 0 Å². The smallest absolute Gasteiger partial charge is 0.243 e. The lowest BCUT2D eigenvalue weighted by molar-refractivity contribution is 0.348. The number of hydrogen-bond acceptors (Lipinski definition) is 4. The third-order valence-electron chi connectivity index (χ3n) is 2.52. The molecule has 4 nitrogen and oxygen atoms in total. The van der Waals surface area contributed by atoms with E-state index in [9.17, 15) is 0 Å². The van der Waals surface area contributed by atoms with Crippen molar-refractivity contribution in [3.63, 3.8) is 0 Å². The molecule has 0 amide bonds. The fourth-order valence-corrected chi connectivity index (χ4v) is 1.71. The van der Waals surface area contributed by atoms with Crippen molar-refractivity contribution in [2.24, 2.45) is 5.73 Å². The highest BCUT2D eigenvalue weighted by molar-refractivity contribution is 9.10. The summed E-state index contributed by atoms with van der Waals surface area (Å²) in [6, 6.07) is 7.88. The van der Waals surface area contributed by atoms with Crippen LogP contribution in [0.2, 0.25) is 0 Å². The Morgan fingerprint density at radius 3 is 2.71 bits per heavy atom. The quantitative estimate of drug-likeness (QED) is 0.942. The van der Waals surface area contributed by atoms with Crippen LogP contribution in [0.4, 0.5) is 0 Å². The zero-order chi connectivity index (χ0) is 12.3. The van der Waals surface area contributed by atoms with Gasteiger partial charge in [0.15, 0.2) is 5.82 Å². The Balaban J connectivity index is 2.08. The Labute approximate surface area is 108 Å². The number of hydrogen-bond donors (Lipinski definition) is 1. The second-order valence-corrected chi connectivity index (χ2v) is 4.78. The third-order valence-corrected chi connectivity index (χ3v) is 3.04. The molecule has 5 heteroatoms. The first-order valence-electron chi connectivity index (χ1n) is 5.51. The monoisotopic (exact) mass is 295 g/mol. The Morgan fingerprint density at radius 1 is 1.35 bits per heavy atom. The third kappa shape index (κ3) is 3.14. The molecule has 1 atom stereocenters. The highest BCUT2D eigenvalue weighted by Crippen LogP contribution is 2.15. The van der Waals surface area contributed by atoms with Crippen LogP contribution in [0.25, 0.3) is 0 Å². The average Bonchev–Trinajstić information content (AvgIpc) is 2.80. The van der Waals surface area contributed by atoms with Crippen molar-refractivity contribution in [3.8, 4) is 0 Å². The van der Waals surface area contributed by atoms with Crippen LogP contribution in [-0.4, -0.2) is 10.1 Å². The molecule has 0 fully saturated rings. The molecule has 1 aromatic heterocycles. The summed E-state index contributed by atoms with van der Waals surface area (Å²) in [5.74, 6) is 1.19. The highest BCUT2D eigenvalue weighted by atomic mass is 79.9. The van der Waals surface area contributed by atoms with Crippen LogP contribution in [-0.2, 0) is 6.42 Å². The normalized spacial score (nSPS) is 12.6. The SMILES string of the molecule is CC[C@@H](N)c1nc(Cc2ccc(Br)cc2)no1. The fraction of sp³-hybridized carbons (Fsp3) is 0.333. The Bertz CT molecular complexity index is 481. The summed E-state index contributed by atoms with van der Waals surface area (Å²) >= 11 is 3.40. The maximum atomic E-state index is 5.82. The maximum absolute atomic E-state index is 5.82. The van der Waals surface area contributed by atoms with Gasteiger partial charge in [-0.2, -0.15) is 4.98 Å². The summed E-state index contributed by atoms with van der Waals surface area (Å²) in [4.78, 5) is 4.28. The topological polar surface area (TPSA) is 64.9 Å². The molecule has 1 heterocycles. The molecular formula is C12H14BrN3O. The van der Waals surface area contributed by atoms with Crippen molar-refractivity contribution in [3.05, 3.63) is 46.0 Å². The summed E-state index contributed by atoms with van der Waals surface area (Å²) in [7, 11) is 0. The van der Waals surface area contributed by atoms with E-state index in [2.05, 4.69) is 26.1 Å². The average molecular weight is 296 g/mol. The van der Waals surface area contributed by atoms with Gasteiger partial charge in [0.25, 0.3) is 0 Å².